The summed E-state index contributed by atoms with van der Waals surface area (Å²) in [5, 5.41) is 0. The normalized spacial score (nSPS) is 10.4. The Balaban J connectivity index is 3.21. The number of carbonyl (C=O) groups excluding carboxylic acids is 1. The average Bonchev–Trinajstić information content (AvgIpc) is 2.50. The molecule has 0 amide bonds. The molecule has 0 fully saturated rings. The number of hydrogen-bond donors (Lipinski definition) is 0. The number of carbonyl (C=O) groups is 1. The zero-order valence-electron chi connectivity index (χ0n) is 14.0. The molecule has 120 valence electrons. The lowest BCUT2D eigenvalue weighted by Gasteiger charge is -1.99. The van der Waals surface area contributed by atoms with Crippen LogP contribution in [0.5, 0.6) is 0 Å². The molecule has 0 aromatic rings. The number of esters is 1. The molecule has 0 N–H and O–H groups in total. The first-order chi connectivity index (χ1) is 10.3. The van der Waals surface area contributed by atoms with Crippen LogP contribution in [0.1, 0.15) is 84.0 Å². The maximum absolute atomic E-state index is 10.9. The quantitative estimate of drug-likeness (QED) is 0.208. The third-order valence-electron chi connectivity index (χ3n) is 3.36. The Labute approximate surface area is 131 Å². The van der Waals surface area contributed by atoms with Crippen molar-refractivity contribution < 1.29 is 9.53 Å². The van der Waals surface area contributed by atoms with Gasteiger partial charge in [-0.25, -0.2) is 0 Å². The molecule has 0 aromatic heterocycles. The third-order valence-corrected chi connectivity index (χ3v) is 3.36. The first-order valence-corrected chi connectivity index (χ1v) is 8.48. The van der Waals surface area contributed by atoms with Crippen molar-refractivity contribution in [3.05, 3.63) is 12.2 Å². The smallest absolute Gasteiger partial charge is 0.305 e. The van der Waals surface area contributed by atoms with Crippen LogP contribution in [0.2, 0.25) is 0 Å². The summed E-state index contributed by atoms with van der Waals surface area (Å²) in [5.41, 5.74) is 0. The Hall–Kier alpha value is -1.23. The number of unbranched alkanes of at least 4 members (excludes halogenated alkanes) is 8. The number of hydrogen-bond acceptors (Lipinski definition) is 2. The van der Waals surface area contributed by atoms with E-state index in [1.54, 1.807) is 0 Å². The van der Waals surface area contributed by atoms with Gasteiger partial charge in [0.1, 0.15) is 0 Å². The maximum atomic E-state index is 10.9. The Kier molecular flexibility index (Phi) is 15.8. The summed E-state index contributed by atoms with van der Waals surface area (Å²) < 4.78 is 4.61. The lowest BCUT2D eigenvalue weighted by molar-refractivity contribution is -0.140. The fourth-order valence-corrected chi connectivity index (χ4v) is 2.00. The second-order valence-electron chi connectivity index (χ2n) is 5.35. The van der Waals surface area contributed by atoms with Crippen molar-refractivity contribution in [3.8, 4) is 11.8 Å². The molecule has 0 aromatic carbocycles. The van der Waals surface area contributed by atoms with Crippen molar-refractivity contribution >= 4 is 5.97 Å². The molecule has 0 atom stereocenters. The van der Waals surface area contributed by atoms with Crippen molar-refractivity contribution in [1.29, 1.82) is 0 Å². The maximum Gasteiger partial charge on any atom is 0.305 e. The minimum absolute atomic E-state index is 0.0873. The number of ether oxygens (including phenoxy) is 1. The predicted octanol–water partition coefficient (Wildman–Crippen LogP) is 5.42. The molecule has 0 aliphatic carbocycles. The van der Waals surface area contributed by atoms with Gasteiger partial charge in [0.25, 0.3) is 0 Å². The molecular formula is C19H32O2. The van der Waals surface area contributed by atoms with E-state index in [9.17, 15) is 4.79 Å². The molecule has 2 nitrogen and oxygen atoms in total. The van der Waals surface area contributed by atoms with Gasteiger partial charge in [-0.1, -0.05) is 44.8 Å². The monoisotopic (exact) mass is 292 g/mol. The second kappa shape index (κ2) is 16.8. The zero-order valence-corrected chi connectivity index (χ0v) is 14.0. The van der Waals surface area contributed by atoms with Gasteiger partial charge in [0.2, 0.25) is 0 Å². The zero-order chi connectivity index (χ0) is 15.6. The fraction of sp³-hybridized carbons (Fsp3) is 0.737. The first kappa shape index (κ1) is 19.8. The number of rotatable bonds is 12. The summed E-state index contributed by atoms with van der Waals surface area (Å²) in [6, 6.07) is 0. The minimum atomic E-state index is -0.0873. The fourth-order valence-electron chi connectivity index (χ4n) is 2.00. The molecule has 0 saturated heterocycles. The molecule has 0 aliphatic rings. The van der Waals surface area contributed by atoms with Gasteiger partial charge in [-0.05, 0) is 32.1 Å². The molecule has 0 radical (unpaired) electrons. The highest BCUT2D eigenvalue weighted by Gasteiger charge is 1.98. The second-order valence-corrected chi connectivity index (χ2v) is 5.35. The van der Waals surface area contributed by atoms with Crippen LogP contribution in [0.3, 0.4) is 0 Å². The van der Waals surface area contributed by atoms with Crippen LogP contribution in [0, 0.1) is 11.8 Å². The van der Waals surface area contributed by atoms with Gasteiger partial charge in [0.15, 0.2) is 0 Å². The van der Waals surface area contributed by atoms with E-state index >= 15 is 0 Å². The van der Waals surface area contributed by atoms with Crippen molar-refractivity contribution in [1.82, 2.24) is 0 Å². The van der Waals surface area contributed by atoms with E-state index in [4.69, 9.17) is 0 Å². The summed E-state index contributed by atoms with van der Waals surface area (Å²) in [7, 11) is 1.45. The number of methoxy groups -OCH3 is 1. The topological polar surface area (TPSA) is 26.3 Å². The summed E-state index contributed by atoms with van der Waals surface area (Å²) in [4.78, 5) is 10.9. The van der Waals surface area contributed by atoms with Crippen molar-refractivity contribution in [2.24, 2.45) is 0 Å². The molecule has 0 saturated carbocycles. The molecular weight excluding hydrogens is 260 g/mol. The van der Waals surface area contributed by atoms with Gasteiger partial charge in [0.05, 0.1) is 7.11 Å². The van der Waals surface area contributed by atoms with Crippen molar-refractivity contribution in [3.63, 3.8) is 0 Å². The predicted molar refractivity (Wildman–Crippen MR) is 90.0 cm³/mol. The lowest BCUT2D eigenvalue weighted by Crippen LogP contribution is -1.98. The molecule has 0 heterocycles. The molecule has 0 spiro atoms. The standard InChI is InChI=1S/C19H32O2/c1-3-4-5-6-7-8-9-10-11-12-13-14-15-16-17-18-19(20)21-2/h10-11H,3-5,8-9,12-18H2,1-2H3. The van der Waals surface area contributed by atoms with Crippen LogP contribution in [-0.4, -0.2) is 13.1 Å². The minimum Gasteiger partial charge on any atom is -0.469 e. The molecule has 0 aliphatic heterocycles. The highest BCUT2D eigenvalue weighted by atomic mass is 16.5. The van der Waals surface area contributed by atoms with E-state index in [1.807, 2.05) is 0 Å². The van der Waals surface area contributed by atoms with Crippen LogP contribution in [-0.2, 0) is 9.53 Å². The summed E-state index contributed by atoms with van der Waals surface area (Å²) in [6.45, 7) is 2.20. The van der Waals surface area contributed by atoms with Crippen molar-refractivity contribution in [2.75, 3.05) is 7.11 Å². The van der Waals surface area contributed by atoms with E-state index in [0.717, 1.165) is 32.1 Å². The van der Waals surface area contributed by atoms with Crippen molar-refractivity contribution in [2.45, 2.75) is 84.0 Å². The highest BCUT2D eigenvalue weighted by Crippen LogP contribution is 2.08. The molecule has 21 heavy (non-hydrogen) atoms. The van der Waals surface area contributed by atoms with Gasteiger partial charge in [-0.15, -0.1) is 11.8 Å². The van der Waals surface area contributed by atoms with Gasteiger partial charge in [-0.2, -0.15) is 0 Å². The molecule has 0 unspecified atom stereocenters. The molecule has 2 heteroatoms. The van der Waals surface area contributed by atoms with Gasteiger partial charge in [-0.3, -0.25) is 4.79 Å². The number of allylic oxidation sites excluding steroid dienone is 2. The Morgan fingerprint density at radius 1 is 0.905 bits per heavy atom. The molecule has 0 bridgehead atoms. The average molecular weight is 292 g/mol. The van der Waals surface area contributed by atoms with E-state index in [-0.39, 0.29) is 5.97 Å². The van der Waals surface area contributed by atoms with Gasteiger partial charge < -0.3 is 4.74 Å². The van der Waals surface area contributed by atoms with Crippen LogP contribution in [0.15, 0.2) is 12.2 Å². The Bertz CT molecular complexity index is 320. The highest BCUT2D eigenvalue weighted by molar-refractivity contribution is 5.68. The van der Waals surface area contributed by atoms with E-state index in [0.29, 0.717) is 6.42 Å². The Morgan fingerprint density at radius 2 is 1.57 bits per heavy atom. The first-order valence-electron chi connectivity index (χ1n) is 8.48. The lowest BCUT2D eigenvalue weighted by atomic mass is 10.1. The van der Waals surface area contributed by atoms with Crippen LogP contribution >= 0.6 is 0 Å². The largest absolute Gasteiger partial charge is 0.469 e. The van der Waals surface area contributed by atoms with Crippen LogP contribution in [0.4, 0.5) is 0 Å². The van der Waals surface area contributed by atoms with E-state index in [2.05, 4.69) is 35.7 Å². The summed E-state index contributed by atoms with van der Waals surface area (Å²) >= 11 is 0. The SMILES string of the molecule is CCCCC#CCCC=CCCCCCCCC(=O)OC. The van der Waals surface area contributed by atoms with Crippen LogP contribution in [0.25, 0.3) is 0 Å². The van der Waals surface area contributed by atoms with Gasteiger partial charge >= 0.3 is 5.97 Å². The van der Waals surface area contributed by atoms with Crippen LogP contribution < -0.4 is 0 Å². The third kappa shape index (κ3) is 16.7. The Morgan fingerprint density at radius 3 is 2.33 bits per heavy atom. The van der Waals surface area contributed by atoms with Gasteiger partial charge in [0, 0.05) is 19.3 Å². The summed E-state index contributed by atoms with van der Waals surface area (Å²) in [6.07, 6.45) is 17.7. The van der Waals surface area contributed by atoms with E-state index in [1.165, 1.54) is 45.6 Å². The van der Waals surface area contributed by atoms with E-state index < -0.39 is 0 Å². The summed E-state index contributed by atoms with van der Waals surface area (Å²) in [5.74, 6) is 6.35. The molecule has 0 rings (SSSR count).